The molecular formula is C24H24O10. The van der Waals surface area contributed by atoms with Crippen LogP contribution in [0.25, 0.3) is 21.9 Å². The summed E-state index contributed by atoms with van der Waals surface area (Å²) in [5.41, 5.74) is 0.843. The summed E-state index contributed by atoms with van der Waals surface area (Å²) in [4.78, 5) is 11.7. The van der Waals surface area contributed by atoms with Crippen molar-refractivity contribution >= 4 is 16.7 Å². The second kappa shape index (κ2) is 8.99. The Morgan fingerprint density at radius 3 is 2.29 bits per heavy atom. The molecule has 0 spiro atoms. The van der Waals surface area contributed by atoms with E-state index >= 15 is 0 Å². The molecule has 3 aromatic carbocycles. The van der Waals surface area contributed by atoms with Crippen molar-refractivity contribution in [2.24, 2.45) is 0 Å². The normalized spacial score (nSPS) is 24.7. The van der Waals surface area contributed by atoms with Crippen molar-refractivity contribution in [3.05, 3.63) is 48.0 Å². The Kier molecular flexibility index (Phi) is 6.24. The van der Waals surface area contributed by atoms with Gasteiger partial charge in [-0.3, -0.25) is 0 Å². The average molecular weight is 472 g/mol. The maximum absolute atomic E-state index is 11.7. The lowest BCUT2D eigenvalue weighted by Gasteiger charge is -2.39. The minimum absolute atomic E-state index is 0.0113. The molecule has 5 unspecified atom stereocenters. The largest absolute Gasteiger partial charge is 0.504 e. The van der Waals surface area contributed by atoms with Gasteiger partial charge in [-0.2, -0.15) is 0 Å². The van der Waals surface area contributed by atoms with Crippen LogP contribution in [0.2, 0.25) is 0 Å². The van der Waals surface area contributed by atoms with Crippen LogP contribution in [0.5, 0.6) is 23.0 Å². The molecule has 4 rings (SSSR count). The lowest BCUT2D eigenvalue weighted by atomic mass is 9.94. The first-order valence-electron chi connectivity index (χ1n) is 10.4. The molecule has 180 valence electrons. The highest BCUT2D eigenvalue weighted by Gasteiger charge is 2.43. The molecule has 0 radical (unpaired) electrons. The fraction of sp³-hybridized carbons (Fsp3) is 0.292. The first-order chi connectivity index (χ1) is 16.1. The molecule has 3 aromatic rings. The van der Waals surface area contributed by atoms with Crippen molar-refractivity contribution in [1.82, 2.24) is 0 Å². The second-order valence-electron chi connectivity index (χ2n) is 8.06. The fourth-order valence-corrected chi connectivity index (χ4v) is 3.91. The monoisotopic (exact) mass is 472 g/mol. The number of aromatic carboxylic acids is 1. The Morgan fingerprint density at radius 1 is 0.912 bits per heavy atom. The van der Waals surface area contributed by atoms with Crippen LogP contribution in [-0.4, -0.2) is 74.4 Å². The van der Waals surface area contributed by atoms with Gasteiger partial charge in [0.25, 0.3) is 0 Å². The van der Waals surface area contributed by atoms with Gasteiger partial charge >= 0.3 is 5.97 Å². The number of carboxylic acid groups (broad SMARTS) is 1. The van der Waals surface area contributed by atoms with Crippen LogP contribution in [0.4, 0.5) is 0 Å². The van der Waals surface area contributed by atoms with E-state index in [-0.39, 0.29) is 28.6 Å². The molecule has 0 saturated carbocycles. The zero-order valence-electron chi connectivity index (χ0n) is 18.2. The van der Waals surface area contributed by atoms with E-state index in [1.54, 1.807) is 12.1 Å². The zero-order chi connectivity index (χ0) is 24.7. The van der Waals surface area contributed by atoms with E-state index in [1.165, 1.54) is 44.4 Å². The molecule has 1 saturated heterocycles. The molecular weight excluding hydrogens is 448 g/mol. The van der Waals surface area contributed by atoms with Gasteiger partial charge in [-0.25, -0.2) is 4.79 Å². The molecule has 0 aromatic heterocycles. The molecule has 1 aliphatic rings. The van der Waals surface area contributed by atoms with E-state index in [9.17, 15) is 35.4 Å². The molecule has 0 bridgehead atoms. The summed E-state index contributed by atoms with van der Waals surface area (Å²) >= 11 is 0. The maximum atomic E-state index is 11.7. The Bertz CT molecular complexity index is 1240. The van der Waals surface area contributed by atoms with E-state index in [4.69, 9.17) is 14.2 Å². The van der Waals surface area contributed by atoms with E-state index in [2.05, 4.69) is 0 Å². The van der Waals surface area contributed by atoms with Gasteiger partial charge in [-0.1, -0.05) is 6.07 Å². The maximum Gasteiger partial charge on any atom is 0.335 e. The first-order valence-corrected chi connectivity index (χ1v) is 10.4. The van der Waals surface area contributed by atoms with Gasteiger partial charge in [0.15, 0.2) is 23.0 Å². The number of methoxy groups -OCH3 is 1. The molecule has 34 heavy (non-hydrogen) atoms. The Hall–Kier alpha value is -3.57. The first kappa shape index (κ1) is 23.6. The highest BCUT2D eigenvalue weighted by molar-refractivity contribution is 6.04. The van der Waals surface area contributed by atoms with Crippen LogP contribution in [0.15, 0.2) is 42.5 Å². The van der Waals surface area contributed by atoms with Crippen LogP contribution < -0.4 is 9.47 Å². The van der Waals surface area contributed by atoms with Gasteiger partial charge in [0.05, 0.1) is 18.8 Å². The van der Waals surface area contributed by atoms with Crippen LogP contribution in [0, 0.1) is 0 Å². The number of ether oxygens (including phenoxy) is 3. The molecule has 1 fully saturated rings. The third kappa shape index (κ3) is 4.19. The number of hydrogen-bond donors (Lipinski definition) is 6. The van der Waals surface area contributed by atoms with Crippen LogP contribution in [0.3, 0.4) is 0 Å². The van der Waals surface area contributed by atoms with Gasteiger partial charge < -0.3 is 44.8 Å². The van der Waals surface area contributed by atoms with Crippen molar-refractivity contribution in [3.8, 4) is 34.1 Å². The summed E-state index contributed by atoms with van der Waals surface area (Å²) in [5, 5.41) is 60.6. The van der Waals surface area contributed by atoms with Gasteiger partial charge in [-0.15, -0.1) is 0 Å². The molecule has 1 heterocycles. The molecule has 0 amide bonds. The predicted molar refractivity (Wildman–Crippen MR) is 119 cm³/mol. The summed E-state index contributed by atoms with van der Waals surface area (Å²) in [5.74, 6) is -1.53. The van der Waals surface area contributed by atoms with Gasteiger partial charge in [0.2, 0.25) is 6.29 Å². The molecule has 0 aliphatic carbocycles. The highest BCUT2D eigenvalue weighted by atomic mass is 16.7. The molecule has 10 heteroatoms. The summed E-state index contributed by atoms with van der Waals surface area (Å²) in [6.45, 7) is 1.52. The zero-order valence-corrected chi connectivity index (χ0v) is 18.2. The predicted octanol–water partition coefficient (Wildman–Crippen LogP) is 1.83. The van der Waals surface area contributed by atoms with Gasteiger partial charge in [-0.05, 0) is 65.2 Å². The SMILES string of the molecule is COc1cc2cc(C(=O)O)cc(-c3ccc(O)c(O)c3)c2cc1OC1OC(C)C(O)C(O)C1O. The lowest BCUT2D eigenvalue weighted by Crippen LogP contribution is -2.58. The van der Waals surface area contributed by atoms with E-state index in [0.29, 0.717) is 21.9 Å². The van der Waals surface area contributed by atoms with Crippen molar-refractivity contribution in [3.63, 3.8) is 0 Å². The van der Waals surface area contributed by atoms with Crippen molar-refractivity contribution in [1.29, 1.82) is 0 Å². The average Bonchev–Trinajstić information content (AvgIpc) is 2.81. The quantitative estimate of drug-likeness (QED) is 0.302. The molecule has 6 N–H and O–H groups in total. The molecule has 5 atom stereocenters. The number of phenols is 2. The van der Waals surface area contributed by atoms with E-state index in [0.717, 1.165) is 0 Å². The fourth-order valence-electron chi connectivity index (χ4n) is 3.91. The number of carbonyl (C=O) groups is 1. The second-order valence-corrected chi connectivity index (χ2v) is 8.06. The van der Waals surface area contributed by atoms with Crippen LogP contribution in [0.1, 0.15) is 17.3 Å². The summed E-state index contributed by atoms with van der Waals surface area (Å²) in [7, 11) is 1.38. The van der Waals surface area contributed by atoms with Gasteiger partial charge in [0.1, 0.15) is 18.3 Å². The van der Waals surface area contributed by atoms with E-state index < -0.39 is 36.7 Å². The van der Waals surface area contributed by atoms with Crippen molar-refractivity contribution in [2.45, 2.75) is 37.6 Å². The lowest BCUT2D eigenvalue weighted by molar-refractivity contribution is -0.268. The Labute approximate surface area is 193 Å². The third-order valence-electron chi connectivity index (χ3n) is 5.82. The number of rotatable bonds is 5. The third-order valence-corrected chi connectivity index (χ3v) is 5.82. The number of phenolic OH excluding ortho intramolecular Hbond substituents is 2. The number of benzene rings is 3. The number of aliphatic hydroxyl groups is 3. The summed E-state index contributed by atoms with van der Waals surface area (Å²) in [6, 6.07) is 10.1. The minimum Gasteiger partial charge on any atom is -0.504 e. The van der Waals surface area contributed by atoms with Crippen molar-refractivity contribution < 1.29 is 49.6 Å². The highest BCUT2D eigenvalue weighted by Crippen LogP contribution is 2.41. The standard InChI is InChI=1S/C24H24O10/c1-10-20(27)21(28)22(29)24(33-10)34-19-9-15-12(8-18(19)32-2)5-13(23(30)31)6-14(15)11-3-4-16(25)17(26)7-11/h3-10,20-22,24-29H,1-2H3,(H,30,31). The molecule has 1 aliphatic heterocycles. The van der Waals surface area contributed by atoms with Crippen LogP contribution in [-0.2, 0) is 4.74 Å². The number of aliphatic hydroxyl groups excluding tert-OH is 3. The smallest absolute Gasteiger partial charge is 0.335 e. The number of carboxylic acids is 1. The van der Waals surface area contributed by atoms with E-state index in [1.807, 2.05) is 0 Å². The van der Waals surface area contributed by atoms with Crippen LogP contribution >= 0.6 is 0 Å². The summed E-state index contributed by atoms with van der Waals surface area (Å²) in [6.07, 6.45) is -6.47. The van der Waals surface area contributed by atoms with Crippen molar-refractivity contribution in [2.75, 3.05) is 7.11 Å². The number of aromatic hydroxyl groups is 2. The Balaban J connectivity index is 1.86. The number of hydrogen-bond acceptors (Lipinski definition) is 9. The topological polar surface area (TPSA) is 166 Å². The Morgan fingerprint density at radius 2 is 1.65 bits per heavy atom. The van der Waals surface area contributed by atoms with Gasteiger partial charge in [0, 0.05) is 0 Å². The minimum atomic E-state index is -1.55. The molecule has 10 nitrogen and oxygen atoms in total. The number of fused-ring (bicyclic) bond motifs is 1. The summed E-state index contributed by atoms with van der Waals surface area (Å²) < 4.78 is 16.7.